The van der Waals surface area contributed by atoms with Crippen molar-refractivity contribution in [1.29, 1.82) is 0 Å². The highest BCUT2D eigenvalue weighted by Crippen LogP contribution is 2.22. The molecule has 0 nitrogen and oxygen atoms in total. The van der Waals surface area contributed by atoms with E-state index < -0.39 is 0 Å². The van der Waals surface area contributed by atoms with Crippen LogP contribution >= 0.6 is 0 Å². The van der Waals surface area contributed by atoms with E-state index in [2.05, 4.69) is 50.2 Å². The molecule has 0 atom stereocenters. The standard InChI is InChI=1S/C15H18/c1-3-7-12-10-13(4-2)15-9-6-5-8-14(15)11-12/h5-6,8-11H,3-4,7H2,1-2H3. The van der Waals surface area contributed by atoms with Gasteiger partial charge in [-0.2, -0.15) is 0 Å². The molecule has 0 N–H and O–H groups in total. The fraction of sp³-hybridized carbons (Fsp3) is 0.333. The summed E-state index contributed by atoms with van der Waals surface area (Å²) < 4.78 is 0. The molecular weight excluding hydrogens is 180 g/mol. The van der Waals surface area contributed by atoms with Gasteiger partial charge in [0.15, 0.2) is 0 Å². The topological polar surface area (TPSA) is 0 Å². The Morgan fingerprint density at radius 2 is 1.80 bits per heavy atom. The van der Waals surface area contributed by atoms with E-state index in [4.69, 9.17) is 0 Å². The van der Waals surface area contributed by atoms with E-state index in [9.17, 15) is 0 Å². The fourth-order valence-electron chi connectivity index (χ4n) is 2.18. The van der Waals surface area contributed by atoms with Gasteiger partial charge < -0.3 is 0 Å². The van der Waals surface area contributed by atoms with Gasteiger partial charge in [0, 0.05) is 0 Å². The van der Waals surface area contributed by atoms with Crippen molar-refractivity contribution in [2.45, 2.75) is 33.1 Å². The third kappa shape index (κ3) is 2.04. The molecule has 0 aliphatic rings. The number of aryl methyl sites for hydroxylation is 2. The Bertz CT molecular complexity index is 455. The molecule has 2 rings (SSSR count). The Morgan fingerprint density at radius 1 is 1.00 bits per heavy atom. The summed E-state index contributed by atoms with van der Waals surface area (Å²) in [5, 5.41) is 2.81. The highest BCUT2D eigenvalue weighted by Gasteiger charge is 2.01. The van der Waals surface area contributed by atoms with Gasteiger partial charge in [-0.25, -0.2) is 0 Å². The molecule has 0 spiro atoms. The predicted molar refractivity (Wildman–Crippen MR) is 67.3 cm³/mol. The molecule has 2 aromatic rings. The maximum Gasteiger partial charge on any atom is -0.0152 e. The van der Waals surface area contributed by atoms with Crippen molar-refractivity contribution in [1.82, 2.24) is 0 Å². The van der Waals surface area contributed by atoms with Crippen molar-refractivity contribution in [3.8, 4) is 0 Å². The quantitative estimate of drug-likeness (QED) is 0.687. The number of hydrogen-bond acceptors (Lipinski definition) is 0. The van der Waals surface area contributed by atoms with Gasteiger partial charge >= 0.3 is 0 Å². The number of hydrogen-bond donors (Lipinski definition) is 0. The molecule has 0 aliphatic carbocycles. The normalized spacial score (nSPS) is 10.8. The summed E-state index contributed by atoms with van der Waals surface area (Å²) >= 11 is 0. The minimum absolute atomic E-state index is 1.12. The fourth-order valence-corrected chi connectivity index (χ4v) is 2.18. The van der Waals surface area contributed by atoms with Gasteiger partial charge in [-0.1, -0.05) is 56.7 Å². The van der Waals surface area contributed by atoms with Crippen LogP contribution in [0.3, 0.4) is 0 Å². The maximum atomic E-state index is 2.37. The van der Waals surface area contributed by atoms with Gasteiger partial charge in [-0.05, 0) is 34.7 Å². The molecule has 0 bridgehead atoms. The van der Waals surface area contributed by atoms with Crippen molar-refractivity contribution >= 4 is 10.8 Å². The number of fused-ring (bicyclic) bond motifs is 1. The lowest BCUT2D eigenvalue weighted by atomic mass is 9.97. The van der Waals surface area contributed by atoms with Crippen LogP contribution in [0.1, 0.15) is 31.4 Å². The zero-order chi connectivity index (χ0) is 10.7. The van der Waals surface area contributed by atoms with Crippen LogP contribution in [0.4, 0.5) is 0 Å². The second-order valence-electron chi connectivity index (χ2n) is 4.08. The van der Waals surface area contributed by atoms with Crippen LogP contribution in [0.5, 0.6) is 0 Å². The van der Waals surface area contributed by atoms with Gasteiger partial charge in [0.05, 0.1) is 0 Å². The van der Waals surface area contributed by atoms with Crippen LogP contribution in [-0.4, -0.2) is 0 Å². The molecule has 0 fully saturated rings. The van der Waals surface area contributed by atoms with Crippen molar-refractivity contribution < 1.29 is 0 Å². The zero-order valence-electron chi connectivity index (χ0n) is 9.59. The molecule has 78 valence electrons. The summed E-state index contributed by atoms with van der Waals surface area (Å²) in [6, 6.07) is 13.4. The Morgan fingerprint density at radius 3 is 2.53 bits per heavy atom. The van der Waals surface area contributed by atoms with Crippen molar-refractivity contribution in [3.05, 3.63) is 47.5 Å². The smallest absolute Gasteiger partial charge is 0.0152 e. The first kappa shape index (κ1) is 10.2. The monoisotopic (exact) mass is 198 g/mol. The van der Waals surface area contributed by atoms with Crippen molar-refractivity contribution in [2.24, 2.45) is 0 Å². The lowest BCUT2D eigenvalue weighted by Gasteiger charge is -2.08. The maximum absolute atomic E-state index is 2.37. The zero-order valence-corrected chi connectivity index (χ0v) is 9.59. The van der Waals surface area contributed by atoms with Gasteiger partial charge in [-0.3, -0.25) is 0 Å². The minimum Gasteiger partial charge on any atom is -0.0651 e. The first-order chi connectivity index (χ1) is 7.35. The second kappa shape index (κ2) is 4.48. The molecule has 0 heterocycles. The number of benzene rings is 2. The van der Waals surface area contributed by atoms with Gasteiger partial charge in [0.2, 0.25) is 0 Å². The molecule has 0 saturated carbocycles. The summed E-state index contributed by atoms with van der Waals surface area (Å²) in [6.45, 7) is 4.47. The Kier molecular flexibility index (Phi) is 3.05. The van der Waals surface area contributed by atoms with Crippen LogP contribution in [0.25, 0.3) is 10.8 Å². The highest BCUT2D eigenvalue weighted by atomic mass is 14.1. The van der Waals surface area contributed by atoms with E-state index in [1.165, 1.54) is 34.7 Å². The van der Waals surface area contributed by atoms with Crippen LogP contribution in [0.2, 0.25) is 0 Å². The predicted octanol–water partition coefficient (Wildman–Crippen LogP) is 4.35. The molecule has 0 unspecified atom stereocenters. The van der Waals surface area contributed by atoms with Crippen LogP contribution < -0.4 is 0 Å². The van der Waals surface area contributed by atoms with E-state index >= 15 is 0 Å². The molecule has 2 aromatic carbocycles. The van der Waals surface area contributed by atoms with E-state index in [0.717, 1.165) is 6.42 Å². The Hall–Kier alpha value is -1.30. The summed E-state index contributed by atoms with van der Waals surface area (Å²) in [5.74, 6) is 0. The third-order valence-corrected chi connectivity index (χ3v) is 2.93. The van der Waals surface area contributed by atoms with Gasteiger partial charge in [0.1, 0.15) is 0 Å². The van der Waals surface area contributed by atoms with Gasteiger partial charge in [-0.15, -0.1) is 0 Å². The lowest BCUT2D eigenvalue weighted by Crippen LogP contribution is -1.89. The summed E-state index contributed by atoms with van der Waals surface area (Å²) in [5.41, 5.74) is 2.96. The average Bonchev–Trinajstić information content (AvgIpc) is 2.28. The molecule has 0 aromatic heterocycles. The third-order valence-electron chi connectivity index (χ3n) is 2.93. The minimum atomic E-state index is 1.12. The molecule has 15 heavy (non-hydrogen) atoms. The molecule has 0 radical (unpaired) electrons. The summed E-state index contributed by atoms with van der Waals surface area (Å²) in [4.78, 5) is 0. The van der Waals surface area contributed by atoms with E-state index in [0.29, 0.717) is 0 Å². The van der Waals surface area contributed by atoms with E-state index in [1.54, 1.807) is 0 Å². The molecule has 0 saturated heterocycles. The molecule has 0 heteroatoms. The lowest BCUT2D eigenvalue weighted by molar-refractivity contribution is 0.920. The van der Waals surface area contributed by atoms with Crippen molar-refractivity contribution in [2.75, 3.05) is 0 Å². The Labute approximate surface area is 91.9 Å². The summed E-state index contributed by atoms with van der Waals surface area (Å²) in [7, 11) is 0. The van der Waals surface area contributed by atoms with Crippen LogP contribution in [0, 0.1) is 0 Å². The highest BCUT2D eigenvalue weighted by molar-refractivity contribution is 5.86. The second-order valence-corrected chi connectivity index (χ2v) is 4.08. The van der Waals surface area contributed by atoms with E-state index in [1.807, 2.05) is 0 Å². The first-order valence-corrected chi connectivity index (χ1v) is 5.85. The van der Waals surface area contributed by atoms with Gasteiger partial charge in [0.25, 0.3) is 0 Å². The SMILES string of the molecule is CCCc1cc(CC)c2ccccc2c1. The van der Waals surface area contributed by atoms with Crippen LogP contribution in [-0.2, 0) is 12.8 Å². The van der Waals surface area contributed by atoms with Crippen LogP contribution in [0.15, 0.2) is 36.4 Å². The van der Waals surface area contributed by atoms with E-state index in [-0.39, 0.29) is 0 Å². The largest absolute Gasteiger partial charge is 0.0651 e. The molecular formula is C15H18. The first-order valence-electron chi connectivity index (χ1n) is 5.85. The summed E-state index contributed by atoms with van der Waals surface area (Å²) in [6.07, 6.45) is 3.54. The molecule has 0 amide bonds. The Balaban J connectivity index is 2.60. The number of rotatable bonds is 3. The molecule has 0 aliphatic heterocycles. The van der Waals surface area contributed by atoms with Crippen molar-refractivity contribution in [3.63, 3.8) is 0 Å². The average molecular weight is 198 g/mol.